The normalized spacial score (nSPS) is 22.2. The highest BCUT2D eigenvalue weighted by atomic mass is 32.2. The summed E-state index contributed by atoms with van der Waals surface area (Å²) in [7, 11) is 3.36. The summed E-state index contributed by atoms with van der Waals surface area (Å²) in [6, 6.07) is 17.0. The third kappa shape index (κ3) is 5.36. The van der Waals surface area contributed by atoms with Gasteiger partial charge in [0.15, 0.2) is 0 Å². The molecule has 2 saturated heterocycles. The van der Waals surface area contributed by atoms with Crippen molar-refractivity contribution in [2.45, 2.75) is 25.4 Å². The quantitative estimate of drug-likeness (QED) is 0.672. The summed E-state index contributed by atoms with van der Waals surface area (Å²) >= 11 is 1.94. The molecule has 2 aromatic rings. The fraction of sp³-hybridized carbons (Fsp3) is 0.480. The lowest BCUT2D eigenvalue weighted by atomic mass is 9.87. The minimum atomic E-state index is 0.0653. The lowest BCUT2D eigenvalue weighted by Gasteiger charge is -2.41. The summed E-state index contributed by atoms with van der Waals surface area (Å²) in [5.74, 6) is 4.09. The molecule has 0 aliphatic carbocycles. The molecule has 4 rings (SSSR count). The summed E-state index contributed by atoms with van der Waals surface area (Å²) in [4.78, 5) is 17.8. The van der Waals surface area contributed by atoms with E-state index < -0.39 is 0 Å². The summed E-state index contributed by atoms with van der Waals surface area (Å²) < 4.78 is 11.0. The SMILES string of the molecule is COc1cc(CN2CC(C(=O)N3CCSCC3)CCC2c2ccccc2)cc(OC)c1. The van der Waals surface area contributed by atoms with Crippen LogP contribution in [-0.2, 0) is 11.3 Å². The average Bonchev–Trinajstić information content (AvgIpc) is 2.84. The van der Waals surface area contributed by atoms with Crippen LogP contribution in [0.1, 0.15) is 30.0 Å². The molecule has 2 heterocycles. The standard InChI is InChI=1S/C25H32N2O3S/c1-29-22-14-19(15-23(16-22)30-2)17-27-18-21(25(28)26-10-12-31-13-11-26)8-9-24(27)20-6-4-3-5-7-20/h3-7,14-16,21,24H,8-13,17-18H2,1-2H3. The predicted octanol–water partition coefficient (Wildman–Crippen LogP) is 4.23. The maximum absolute atomic E-state index is 13.2. The van der Waals surface area contributed by atoms with Crippen molar-refractivity contribution in [3.8, 4) is 11.5 Å². The molecule has 2 fully saturated rings. The van der Waals surface area contributed by atoms with E-state index >= 15 is 0 Å². The number of hydrogen-bond acceptors (Lipinski definition) is 5. The molecule has 166 valence electrons. The number of carbonyl (C=O) groups excluding carboxylic acids is 1. The number of amides is 1. The van der Waals surface area contributed by atoms with Crippen molar-refractivity contribution in [2.24, 2.45) is 5.92 Å². The molecule has 2 aliphatic heterocycles. The van der Waals surface area contributed by atoms with Gasteiger partial charge in [0, 0.05) is 49.8 Å². The Hall–Kier alpha value is -2.18. The van der Waals surface area contributed by atoms with Crippen molar-refractivity contribution in [1.29, 1.82) is 0 Å². The van der Waals surface area contributed by atoms with E-state index in [9.17, 15) is 4.79 Å². The Morgan fingerprint density at radius 3 is 2.32 bits per heavy atom. The zero-order chi connectivity index (χ0) is 21.6. The Morgan fingerprint density at radius 1 is 1.00 bits per heavy atom. The number of piperidine rings is 1. The Kier molecular flexibility index (Phi) is 7.41. The van der Waals surface area contributed by atoms with E-state index in [1.54, 1.807) is 14.2 Å². The maximum atomic E-state index is 13.2. The van der Waals surface area contributed by atoms with Gasteiger partial charge in [-0.05, 0) is 36.1 Å². The third-order valence-electron chi connectivity index (χ3n) is 6.34. The van der Waals surface area contributed by atoms with Crippen LogP contribution in [0.15, 0.2) is 48.5 Å². The first-order chi connectivity index (χ1) is 15.2. The average molecular weight is 441 g/mol. The van der Waals surface area contributed by atoms with E-state index in [1.165, 1.54) is 5.56 Å². The van der Waals surface area contributed by atoms with Crippen LogP contribution < -0.4 is 9.47 Å². The van der Waals surface area contributed by atoms with Crippen LogP contribution in [-0.4, -0.2) is 61.1 Å². The number of rotatable bonds is 6. The number of carbonyl (C=O) groups is 1. The van der Waals surface area contributed by atoms with Gasteiger partial charge in [-0.1, -0.05) is 30.3 Å². The first kappa shape index (κ1) is 22.0. The Bertz CT molecular complexity index is 848. The van der Waals surface area contributed by atoms with Crippen LogP contribution in [0.4, 0.5) is 0 Å². The molecule has 0 saturated carbocycles. The molecule has 0 N–H and O–H groups in total. The van der Waals surface area contributed by atoms with Crippen molar-refractivity contribution in [3.05, 3.63) is 59.7 Å². The number of nitrogens with zero attached hydrogens (tertiary/aromatic N) is 2. The van der Waals surface area contributed by atoms with Crippen molar-refractivity contribution >= 4 is 17.7 Å². The lowest BCUT2D eigenvalue weighted by Crippen LogP contribution is -2.47. The van der Waals surface area contributed by atoms with Crippen LogP contribution >= 0.6 is 11.8 Å². The van der Waals surface area contributed by atoms with Crippen LogP contribution in [0.25, 0.3) is 0 Å². The van der Waals surface area contributed by atoms with Gasteiger partial charge in [0.05, 0.1) is 20.1 Å². The first-order valence-corrected chi connectivity index (χ1v) is 12.2. The highest BCUT2D eigenvalue weighted by Crippen LogP contribution is 2.36. The van der Waals surface area contributed by atoms with Gasteiger partial charge in [0.1, 0.15) is 11.5 Å². The second-order valence-electron chi connectivity index (χ2n) is 8.29. The number of methoxy groups -OCH3 is 2. The summed E-state index contributed by atoms with van der Waals surface area (Å²) in [6.45, 7) is 3.30. The Morgan fingerprint density at radius 2 is 1.68 bits per heavy atom. The molecule has 0 spiro atoms. The van der Waals surface area contributed by atoms with Crippen molar-refractivity contribution < 1.29 is 14.3 Å². The Balaban J connectivity index is 1.56. The third-order valence-corrected chi connectivity index (χ3v) is 7.28. The van der Waals surface area contributed by atoms with Gasteiger partial charge in [-0.2, -0.15) is 11.8 Å². The Labute approximate surface area is 189 Å². The van der Waals surface area contributed by atoms with Gasteiger partial charge >= 0.3 is 0 Å². The van der Waals surface area contributed by atoms with E-state index in [0.717, 1.165) is 67.6 Å². The molecule has 2 unspecified atom stereocenters. The molecule has 0 aromatic heterocycles. The first-order valence-electron chi connectivity index (χ1n) is 11.1. The zero-order valence-corrected chi connectivity index (χ0v) is 19.3. The minimum Gasteiger partial charge on any atom is -0.497 e. The summed E-state index contributed by atoms with van der Waals surface area (Å²) in [6.07, 6.45) is 1.93. The predicted molar refractivity (Wildman–Crippen MR) is 126 cm³/mol. The van der Waals surface area contributed by atoms with Gasteiger partial charge in [0.2, 0.25) is 5.91 Å². The topological polar surface area (TPSA) is 42.0 Å². The van der Waals surface area contributed by atoms with Crippen LogP contribution in [0.2, 0.25) is 0 Å². The monoisotopic (exact) mass is 440 g/mol. The van der Waals surface area contributed by atoms with Crippen molar-refractivity contribution in [3.63, 3.8) is 0 Å². The molecule has 2 atom stereocenters. The minimum absolute atomic E-state index is 0.0653. The van der Waals surface area contributed by atoms with Gasteiger partial charge in [-0.15, -0.1) is 0 Å². The molecule has 6 heteroatoms. The highest BCUT2D eigenvalue weighted by Gasteiger charge is 2.35. The molecular weight excluding hydrogens is 408 g/mol. The number of likely N-dealkylation sites (tertiary alicyclic amines) is 1. The largest absolute Gasteiger partial charge is 0.497 e. The van der Waals surface area contributed by atoms with Gasteiger partial charge in [0.25, 0.3) is 0 Å². The molecule has 2 aromatic carbocycles. The molecule has 1 amide bonds. The van der Waals surface area contributed by atoms with Crippen LogP contribution in [0.3, 0.4) is 0 Å². The van der Waals surface area contributed by atoms with Crippen molar-refractivity contribution in [1.82, 2.24) is 9.80 Å². The number of ether oxygens (including phenoxy) is 2. The number of thioether (sulfide) groups is 1. The summed E-state index contributed by atoms with van der Waals surface area (Å²) in [5, 5.41) is 0. The van der Waals surface area contributed by atoms with E-state index in [1.807, 2.05) is 17.8 Å². The molecule has 5 nitrogen and oxygen atoms in total. The second-order valence-corrected chi connectivity index (χ2v) is 9.51. The van der Waals surface area contributed by atoms with Gasteiger partial charge in [-0.25, -0.2) is 0 Å². The highest BCUT2D eigenvalue weighted by molar-refractivity contribution is 7.99. The maximum Gasteiger partial charge on any atom is 0.227 e. The molecule has 31 heavy (non-hydrogen) atoms. The van der Waals surface area contributed by atoms with Crippen LogP contribution in [0.5, 0.6) is 11.5 Å². The molecular formula is C25H32N2O3S. The fourth-order valence-corrected chi connectivity index (χ4v) is 5.61. The van der Waals surface area contributed by atoms with E-state index in [4.69, 9.17) is 9.47 Å². The van der Waals surface area contributed by atoms with Gasteiger partial charge < -0.3 is 14.4 Å². The molecule has 0 bridgehead atoms. The van der Waals surface area contributed by atoms with E-state index in [0.29, 0.717) is 11.9 Å². The van der Waals surface area contributed by atoms with Gasteiger partial charge in [-0.3, -0.25) is 9.69 Å². The fourth-order valence-electron chi connectivity index (χ4n) is 4.71. The zero-order valence-electron chi connectivity index (χ0n) is 18.5. The number of benzene rings is 2. The number of hydrogen-bond donors (Lipinski definition) is 0. The molecule has 2 aliphatic rings. The van der Waals surface area contributed by atoms with E-state index in [2.05, 4.69) is 52.3 Å². The second kappa shape index (κ2) is 10.4. The van der Waals surface area contributed by atoms with Crippen LogP contribution in [0, 0.1) is 5.92 Å². The van der Waals surface area contributed by atoms with E-state index in [-0.39, 0.29) is 5.92 Å². The van der Waals surface area contributed by atoms with Crippen molar-refractivity contribution in [2.75, 3.05) is 45.4 Å². The smallest absolute Gasteiger partial charge is 0.227 e. The lowest BCUT2D eigenvalue weighted by molar-refractivity contribution is -0.137. The molecule has 0 radical (unpaired) electrons. The summed E-state index contributed by atoms with van der Waals surface area (Å²) in [5.41, 5.74) is 2.46.